The van der Waals surface area contributed by atoms with Crippen LogP contribution < -0.4 is 5.56 Å². The van der Waals surface area contributed by atoms with Crippen LogP contribution in [0, 0.1) is 11.6 Å². The summed E-state index contributed by atoms with van der Waals surface area (Å²) in [6.07, 6.45) is -0.0415. The van der Waals surface area contributed by atoms with Gasteiger partial charge in [-0.15, -0.1) is 0 Å². The molecule has 0 radical (unpaired) electrons. The zero-order valence-corrected chi connectivity index (χ0v) is 18.5. The minimum atomic E-state index is -1.54. The van der Waals surface area contributed by atoms with E-state index in [1.807, 2.05) is 19.0 Å². The standard InChI is InChI=1S/C24H23F2N3O4/c1-4-24(32)8-21(30)33-11-15-16(24)6-20-22-14(10-29(20)23(15)31)13(9-28(2)3)12-5-17(25)18(26)7-19(12)27-22/h5-7,32H,4,8-11H2,1-3H3. The molecule has 1 atom stereocenters. The summed E-state index contributed by atoms with van der Waals surface area (Å²) in [5, 5.41) is 11.7. The minimum absolute atomic E-state index is 0.195. The van der Waals surface area contributed by atoms with E-state index in [0.29, 0.717) is 28.9 Å². The van der Waals surface area contributed by atoms with Crippen molar-refractivity contribution in [2.75, 3.05) is 14.1 Å². The summed E-state index contributed by atoms with van der Waals surface area (Å²) in [4.78, 5) is 32.1. The van der Waals surface area contributed by atoms with E-state index in [9.17, 15) is 23.5 Å². The zero-order valence-electron chi connectivity index (χ0n) is 18.5. The lowest BCUT2D eigenvalue weighted by molar-refractivity contribution is -0.149. The number of fused-ring (bicyclic) bond motifs is 5. The van der Waals surface area contributed by atoms with Crippen LogP contribution in [0.1, 0.15) is 42.0 Å². The van der Waals surface area contributed by atoms with Crippen molar-refractivity contribution in [2.24, 2.45) is 0 Å². The molecule has 0 saturated heterocycles. The highest BCUT2D eigenvalue weighted by molar-refractivity contribution is 5.88. The second-order valence-corrected chi connectivity index (χ2v) is 8.97. The second kappa shape index (κ2) is 7.43. The smallest absolute Gasteiger partial charge is 0.309 e. The van der Waals surface area contributed by atoms with E-state index in [1.54, 1.807) is 13.0 Å². The fourth-order valence-electron chi connectivity index (χ4n) is 4.85. The number of nitrogens with zero attached hydrogens (tertiary/aromatic N) is 3. The van der Waals surface area contributed by atoms with Gasteiger partial charge in [-0.05, 0) is 43.8 Å². The summed E-state index contributed by atoms with van der Waals surface area (Å²) in [5.41, 5.74) is 1.41. The van der Waals surface area contributed by atoms with Crippen LogP contribution in [-0.2, 0) is 34.8 Å². The van der Waals surface area contributed by atoms with E-state index >= 15 is 0 Å². The minimum Gasteiger partial charge on any atom is -0.460 e. The molecule has 0 fully saturated rings. The molecule has 1 N–H and O–H groups in total. The number of benzene rings is 1. The van der Waals surface area contributed by atoms with Crippen molar-refractivity contribution in [2.45, 2.75) is 45.1 Å². The topological polar surface area (TPSA) is 84.7 Å². The maximum atomic E-state index is 14.1. The SMILES string of the molecule is CCC1(O)CC(=O)OCc2c1cc1n(c2=O)Cc2c-1nc1cc(F)c(F)cc1c2CN(C)C. The first kappa shape index (κ1) is 21.7. The molecule has 2 aromatic heterocycles. The van der Waals surface area contributed by atoms with Gasteiger partial charge in [0.05, 0.1) is 35.4 Å². The van der Waals surface area contributed by atoms with Crippen molar-refractivity contribution in [1.82, 2.24) is 14.5 Å². The van der Waals surface area contributed by atoms with Crippen molar-refractivity contribution in [3.05, 3.63) is 62.4 Å². The van der Waals surface area contributed by atoms with Crippen LogP contribution in [0.5, 0.6) is 0 Å². The molecular formula is C24H23F2N3O4. The number of carbonyl (C=O) groups excluding carboxylic acids is 1. The Hall–Kier alpha value is -3.17. The van der Waals surface area contributed by atoms with Gasteiger partial charge in [-0.1, -0.05) is 6.92 Å². The molecule has 5 rings (SSSR count). The molecule has 4 heterocycles. The van der Waals surface area contributed by atoms with E-state index in [1.165, 1.54) is 4.57 Å². The molecule has 0 aliphatic carbocycles. The number of carbonyl (C=O) groups is 1. The van der Waals surface area contributed by atoms with Crippen LogP contribution in [0.15, 0.2) is 23.0 Å². The van der Waals surface area contributed by atoms with Gasteiger partial charge in [0.1, 0.15) is 12.2 Å². The number of aliphatic hydroxyl groups is 1. The average molecular weight is 455 g/mol. The van der Waals surface area contributed by atoms with E-state index in [2.05, 4.69) is 4.98 Å². The lowest BCUT2D eigenvalue weighted by Gasteiger charge is -2.26. The fourth-order valence-corrected chi connectivity index (χ4v) is 4.85. The predicted octanol–water partition coefficient (Wildman–Crippen LogP) is 2.81. The third-order valence-electron chi connectivity index (χ3n) is 6.58. The number of rotatable bonds is 3. The lowest BCUT2D eigenvalue weighted by atomic mass is 9.85. The summed E-state index contributed by atoms with van der Waals surface area (Å²) in [5.74, 6) is -2.53. The first-order chi connectivity index (χ1) is 15.6. The molecule has 7 nitrogen and oxygen atoms in total. The Balaban J connectivity index is 1.82. The van der Waals surface area contributed by atoms with Crippen LogP contribution >= 0.6 is 0 Å². The third-order valence-corrected chi connectivity index (χ3v) is 6.58. The Labute approximate surface area is 188 Å². The van der Waals surface area contributed by atoms with E-state index in [4.69, 9.17) is 4.74 Å². The largest absolute Gasteiger partial charge is 0.460 e. The van der Waals surface area contributed by atoms with Crippen molar-refractivity contribution in [3.8, 4) is 11.4 Å². The van der Waals surface area contributed by atoms with Gasteiger partial charge in [0.15, 0.2) is 11.6 Å². The molecule has 2 aliphatic heterocycles. The van der Waals surface area contributed by atoms with Gasteiger partial charge in [0.25, 0.3) is 5.56 Å². The van der Waals surface area contributed by atoms with Gasteiger partial charge in [-0.2, -0.15) is 0 Å². The summed E-state index contributed by atoms with van der Waals surface area (Å²) >= 11 is 0. The molecule has 1 aromatic carbocycles. The third kappa shape index (κ3) is 3.26. The average Bonchev–Trinajstić information content (AvgIpc) is 3.06. The van der Waals surface area contributed by atoms with Crippen LogP contribution in [0.4, 0.5) is 8.78 Å². The lowest BCUT2D eigenvalue weighted by Crippen LogP contribution is -2.32. The molecule has 3 aromatic rings. The van der Waals surface area contributed by atoms with Gasteiger partial charge < -0.3 is 19.3 Å². The molecule has 9 heteroatoms. The molecule has 33 heavy (non-hydrogen) atoms. The first-order valence-electron chi connectivity index (χ1n) is 10.7. The van der Waals surface area contributed by atoms with Gasteiger partial charge in [-0.3, -0.25) is 9.59 Å². The first-order valence-corrected chi connectivity index (χ1v) is 10.7. The molecule has 0 saturated carbocycles. The van der Waals surface area contributed by atoms with Gasteiger partial charge in [0.2, 0.25) is 0 Å². The van der Waals surface area contributed by atoms with Gasteiger partial charge in [-0.25, -0.2) is 13.8 Å². The maximum Gasteiger partial charge on any atom is 0.309 e. The number of esters is 1. The molecule has 1 unspecified atom stereocenters. The number of halogens is 2. The Bertz CT molecular complexity index is 1400. The van der Waals surface area contributed by atoms with E-state index in [-0.39, 0.29) is 42.6 Å². The highest BCUT2D eigenvalue weighted by Crippen LogP contribution is 2.40. The summed E-state index contributed by atoms with van der Waals surface area (Å²) in [7, 11) is 3.73. The van der Waals surface area contributed by atoms with Crippen molar-refractivity contribution >= 4 is 16.9 Å². The second-order valence-electron chi connectivity index (χ2n) is 8.97. The summed E-state index contributed by atoms with van der Waals surface area (Å²) in [6.45, 7) is 2.15. The van der Waals surface area contributed by atoms with Crippen molar-refractivity contribution in [1.29, 1.82) is 0 Å². The zero-order chi connectivity index (χ0) is 23.7. The Morgan fingerprint density at radius 3 is 2.61 bits per heavy atom. The van der Waals surface area contributed by atoms with Crippen LogP contribution in [-0.4, -0.2) is 39.6 Å². The van der Waals surface area contributed by atoms with Crippen molar-refractivity contribution in [3.63, 3.8) is 0 Å². The Morgan fingerprint density at radius 2 is 1.91 bits per heavy atom. The molecule has 2 aliphatic rings. The van der Waals surface area contributed by atoms with E-state index < -0.39 is 23.2 Å². The molecular weight excluding hydrogens is 432 g/mol. The van der Waals surface area contributed by atoms with Gasteiger partial charge in [0, 0.05) is 23.6 Å². The fraction of sp³-hybridized carbons (Fsp3) is 0.375. The normalized spacial score (nSPS) is 19.3. The molecule has 0 spiro atoms. The summed E-state index contributed by atoms with van der Waals surface area (Å²) < 4.78 is 34.9. The van der Waals surface area contributed by atoms with Crippen molar-refractivity contribution < 1.29 is 23.4 Å². The Kier molecular flexibility index (Phi) is 4.88. The number of pyridine rings is 2. The van der Waals surface area contributed by atoms with Crippen LogP contribution in [0.2, 0.25) is 0 Å². The van der Waals surface area contributed by atoms with Crippen LogP contribution in [0.3, 0.4) is 0 Å². The van der Waals surface area contributed by atoms with Gasteiger partial charge >= 0.3 is 5.97 Å². The van der Waals surface area contributed by atoms with Crippen LogP contribution in [0.25, 0.3) is 22.3 Å². The monoisotopic (exact) mass is 455 g/mol. The maximum absolute atomic E-state index is 14.1. The molecule has 172 valence electrons. The number of hydrogen-bond acceptors (Lipinski definition) is 6. The molecule has 0 amide bonds. The number of aromatic nitrogens is 2. The Morgan fingerprint density at radius 1 is 1.18 bits per heavy atom. The predicted molar refractivity (Wildman–Crippen MR) is 116 cm³/mol. The van der Waals surface area contributed by atoms with E-state index in [0.717, 1.165) is 23.3 Å². The number of ether oxygens (including phenoxy) is 1. The summed E-state index contributed by atoms with van der Waals surface area (Å²) in [6, 6.07) is 3.89. The number of hydrogen-bond donors (Lipinski definition) is 1. The number of cyclic esters (lactones) is 1. The quantitative estimate of drug-likeness (QED) is 0.479. The molecule has 0 bridgehead atoms. The highest BCUT2D eigenvalue weighted by atomic mass is 19.2. The highest BCUT2D eigenvalue weighted by Gasteiger charge is 2.39.